The third-order valence-corrected chi connectivity index (χ3v) is 3.55. The number of alkyl halides is 2. The van der Waals surface area contributed by atoms with Crippen molar-refractivity contribution in [3.05, 3.63) is 38.1 Å². The highest BCUT2D eigenvalue weighted by atomic mass is 79.9. The molecule has 6 nitrogen and oxygen atoms in total. The largest absolute Gasteiger partial charge is 0.416 e. The summed E-state index contributed by atoms with van der Waals surface area (Å²) in [7, 11) is 1.47. The van der Waals surface area contributed by atoms with Gasteiger partial charge in [0.25, 0.3) is 0 Å². The van der Waals surface area contributed by atoms with Crippen LogP contribution in [0.25, 0.3) is 21.7 Å². The second-order valence-electron chi connectivity index (χ2n) is 3.83. The fourth-order valence-corrected chi connectivity index (χ4v) is 2.48. The summed E-state index contributed by atoms with van der Waals surface area (Å²) < 4.78 is 30.5. The first-order chi connectivity index (χ1) is 9.93. The number of benzene rings is 1. The van der Waals surface area contributed by atoms with Crippen molar-refractivity contribution in [2.45, 2.75) is 6.61 Å². The fourth-order valence-electron chi connectivity index (χ4n) is 1.66. The van der Waals surface area contributed by atoms with E-state index in [1.54, 1.807) is 6.07 Å². The van der Waals surface area contributed by atoms with Crippen LogP contribution in [0.5, 0.6) is 5.88 Å². The second kappa shape index (κ2) is 6.30. The highest BCUT2D eigenvalue weighted by Crippen LogP contribution is 2.38. The van der Waals surface area contributed by atoms with Crippen molar-refractivity contribution in [2.75, 3.05) is 0 Å². The van der Waals surface area contributed by atoms with Gasteiger partial charge in [-0.3, -0.25) is 0 Å². The maximum absolute atomic E-state index is 12.4. The summed E-state index contributed by atoms with van der Waals surface area (Å²) in [4.78, 5) is 2.67. The molecule has 10 heteroatoms. The first-order valence-electron chi connectivity index (χ1n) is 5.46. The van der Waals surface area contributed by atoms with Crippen molar-refractivity contribution in [1.29, 1.82) is 0 Å². The number of azide groups is 1. The summed E-state index contributed by atoms with van der Waals surface area (Å²) in [5.41, 5.74) is 9.58. The van der Waals surface area contributed by atoms with E-state index < -0.39 is 6.61 Å². The summed E-state index contributed by atoms with van der Waals surface area (Å²) in [5.74, 6) is -0.111. The molecule has 2 rings (SSSR count). The van der Waals surface area contributed by atoms with Gasteiger partial charge >= 0.3 is 6.61 Å². The summed E-state index contributed by atoms with van der Waals surface area (Å²) in [5, 5.41) is 7.82. The number of aryl methyl sites for hydroxylation is 1. The summed E-state index contributed by atoms with van der Waals surface area (Å²) in [6.07, 6.45) is 0. The van der Waals surface area contributed by atoms with E-state index in [9.17, 15) is 8.78 Å². The minimum atomic E-state index is -2.96. The van der Waals surface area contributed by atoms with E-state index in [1.165, 1.54) is 23.9 Å². The molecule has 21 heavy (non-hydrogen) atoms. The molecule has 0 fully saturated rings. The van der Waals surface area contributed by atoms with E-state index in [0.29, 0.717) is 11.3 Å². The summed E-state index contributed by atoms with van der Waals surface area (Å²) in [6, 6.07) is 4.65. The third kappa shape index (κ3) is 3.26. The summed E-state index contributed by atoms with van der Waals surface area (Å²) in [6.45, 7) is -2.96. The van der Waals surface area contributed by atoms with E-state index in [-0.39, 0.29) is 21.1 Å². The average Bonchev–Trinajstić information content (AvgIpc) is 2.69. The van der Waals surface area contributed by atoms with Gasteiger partial charge in [0.1, 0.15) is 10.2 Å². The zero-order valence-electron chi connectivity index (χ0n) is 10.5. The Morgan fingerprint density at radius 2 is 2.24 bits per heavy atom. The minimum absolute atomic E-state index is 0.111. The summed E-state index contributed by atoms with van der Waals surface area (Å²) >= 11 is 9.05. The van der Waals surface area contributed by atoms with E-state index in [4.69, 9.17) is 17.1 Å². The van der Waals surface area contributed by atoms with Crippen molar-refractivity contribution in [3.63, 3.8) is 0 Å². The monoisotopic (exact) mass is 377 g/mol. The molecule has 1 heterocycles. The van der Waals surface area contributed by atoms with Crippen LogP contribution in [0.3, 0.4) is 0 Å². The molecular formula is C11H7BrClF2N5O. The molecule has 0 atom stereocenters. The Bertz CT molecular complexity index is 730. The molecule has 2 aromatic rings. The molecule has 0 aliphatic rings. The number of nitrogens with zero attached hydrogens (tertiary/aromatic N) is 5. The molecule has 110 valence electrons. The lowest BCUT2D eigenvalue weighted by molar-refractivity contribution is -0.0558. The molecule has 0 spiro atoms. The van der Waals surface area contributed by atoms with Gasteiger partial charge in [0.05, 0.1) is 10.7 Å². The van der Waals surface area contributed by atoms with Gasteiger partial charge in [-0.2, -0.15) is 13.9 Å². The van der Waals surface area contributed by atoms with Gasteiger partial charge in [-0.15, -0.1) is 0 Å². The molecule has 0 bridgehead atoms. The van der Waals surface area contributed by atoms with Crippen LogP contribution in [-0.2, 0) is 7.05 Å². The van der Waals surface area contributed by atoms with E-state index in [0.717, 1.165) is 0 Å². The van der Waals surface area contributed by atoms with E-state index >= 15 is 0 Å². The van der Waals surface area contributed by atoms with Crippen LogP contribution in [0.4, 0.5) is 14.5 Å². The van der Waals surface area contributed by atoms with Crippen LogP contribution in [0.2, 0.25) is 5.02 Å². The van der Waals surface area contributed by atoms with Crippen LogP contribution in [0.15, 0.2) is 27.8 Å². The number of hydrogen-bond acceptors (Lipinski definition) is 3. The van der Waals surface area contributed by atoms with E-state index in [1.807, 2.05) is 0 Å². The normalized spacial score (nSPS) is 10.6. The zero-order valence-corrected chi connectivity index (χ0v) is 12.8. The van der Waals surface area contributed by atoms with Gasteiger partial charge in [0.15, 0.2) is 0 Å². The first-order valence-corrected chi connectivity index (χ1v) is 6.63. The van der Waals surface area contributed by atoms with Crippen LogP contribution in [0.1, 0.15) is 0 Å². The van der Waals surface area contributed by atoms with Crippen LogP contribution in [0, 0.1) is 0 Å². The Morgan fingerprint density at radius 1 is 1.52 bits per heavy atom. The van der Waals surface area contributed by atoms with Gasteiger partial charge in [0, 0.05) is 17.5 Å². The Kier molecular flexibility index (Phi) is 4.66. The van der Waals surface area contributed by atoms with Gasteiger partial charge in [-0.05, 0) is 33.6 Å². The molecule has 0 amide bonds. The van der Waals surface area contributed by atoms with Gasteiger partial charge < -0.3 is 4.74 Å². The zero-order chi connectivity index (χ0) is 15.6. The lowest BCUT2D eigenvalue weighted by atomic mass is 10.1. The molecule has 0 aliphatic carbocycles. The van der Waals surface area contributed by atoms with Crippen molar-refractivity contribution in [1.82, 2.24) is 9.78 Å². The molecule has 0 unspecified atom stereocenters. The molecule has 0 radical (unpaired) electrons. The molecule has 1 aromatic heterocycles. The van der Waals surface area contributed by atoms with Gasteiger partial charge in [-0.25, -0.2) is 4.68 Å². The van der Waals surface area contributed by atoms with Crippen molar-refractivity contribution in [3.8, 4) is 17.1 Å². The lowest BCUT2D eigenvalue weighted by Crippen LogP contribution is -2.06. The number of aromatic nitrogens is 2. The van der Waals surface area contributed by atoms with E-state index in [2.05, 4.69) is 35.8 Å². The second-order valence-corrected chi connectivity index (χ2v) is 5.03. The van der Waals surface area contributed by atoms with Crippen molar-refractivity contribution < 1.29 is 13.5 Å². The van der Waals surface area contributed by atoms with Crippen LogP contribution >= 0.6 is 27.5 Å². The molecular weight excluding hydrogens is 372 g/mol. The Morgan fingerprint density at radius 3 is 2.86 bits per heavy atom. The number of halogens is 4. The SMILES string of the molecule is Cn1nc(-c2ccc(Cl)c(N=[N+]=[N-])c2)c(Br)c1OC(F)F. The molecule has 0 saturated carbocycles. The Hall–Kier alpha value is -1.83. The lowest BCUT2D eigenvalue weighted by Gasteiger charge is -2.04. The van der Waals surface area contributed by atoms with Gasteiger partial charge in [-0.1, -0.05) is 22.8 Å². The molecule has 0 saturated heterocycles. The number of rotatable bonds is 4. The van der Waals surface area contributed by atoms with Crippen molar-refractivity contribution in [2.24, 2.45) is 12.2 Å². The highest BCUT2D eigenvalue weighted by molar-refractivity contribution is 9.10. The van der Waals surface area contributed by atoms with Gasteiger partial charge in [0.2, 0.25) is 5.88 Å². The molecule has 0 N–H and O–H groups in total. The highest BCUT2D eigenvalue weighted by Gasteiger charge is 2.20. The quantitative estimate of drug-likeness (QED) is 0.424. The standard InChI is InChI=1S/C11H7BrClF2N5O/c1-20-10(21-11(14)15)8(12)9(18-20)5-2-3-6(13)7(4-5)17-19-16/h2-4,11H,1H3. The minimum Gasteiger partial charge on any atom is -0.416 e. The Labute approximate surface area is 131 Å². The van der Waals surface area contributed by atoms with Crippen LogP contribution < -0.4 is 4.74 Å². The third-order valence-electron chi connectivity index (χ3n) is 2.51. The number of hydrogen-bond donors (Lipinski definition) is 0. The average molecular weight is 379 g/mol. The smallest absolute Gasteiger partial charge is 0.388 e. The van der Waals surface area contributed by atoms with Crippen molar-refractivity contribution >= 4 is 33.2 Å². The predicted molar refractivity (Wildman–Crippen MR) is 76.8 cm³/mol. The fraction of sp³-hybridized carbons (Fsp3) is 0.182. The van der Waals surface area contributed by atoms with Crippen LogP contribution in [-0.4, -0.2) is 16.4 Å². The topological polar surface area (TPSA) is 75.8 Å². The maximum Gasteiger partial charge on any atom is 0.388 e. The Balaban J connectivity index is 2.52. The molecule has 0 aliphatic heterocycles. The number of ether oxygens (including phenoxy) is 1. The maximum atomic E-state index is 12.4. The first kappa shape index (κ1) is 15.6. The predicted octanol–water partition coefficient (Wildman–Crippen LogP) is 5.05. The molecule has 1 aromatic carbocycles.